The summed E-state index contributed by atoms with van der Waals surface area (Å²) in [5.41, 5.74) is 0.659. The third kappa shape index (κ3) is 3.77. The van der Waals surface area contributed by atoms with Gasteiger partial charge in [0.05, 0.1) is 11.0 Å². The molecule has 0 radical (unpaired) electrons. The van der Waals surface area contributed by atoms with Crippen LogP contribution in [0.1, 0.15) is 37.2 Å². The quantitative estimate of drug-likeness (QED) is 0.810. The van der Waals surface area contributed by atoms with Crippen LogP contribution in [0.15, 0.2) is 18.3 Å². The Balaban J connectivity index is 1.79. The Bertz CT molecular complexity index is 726. The molecule has 0 bridgehead atoms. The van der Waals surface area contributed by atoms with Crippen molar-refractivity contribution in [2.75, 3.05) is 31.9 Å². The van der Waals surface area contributed by atoms with E-state index in [9.17, 15) is 13.2 Å². The lowest BCUT2D eigenvalue weighted by molar-refractivity contribution is 0.0746. The van der Waals surface area contributed by atoms with Crippen molar-refractivity contribution in [3.05, 3.63) is 24.0 Å². The smallest absolute Gasteiger partial charge is 0.270 e. The number of hydrogen-bond donors (Lipinski definition) is 0. The lowest BCUT2D eigenvalue weighted by atomic mass is 10.0. The zero-order chi connectivity index (χ0) is 18.2. The molecule has 0 spiro atoms. The lowest BCUT2D eigenvalue weighted by Gasteiger charge is -2.40. The summed E-state index contributed by atoms with van der Waals surface area (Å²) in [6, 6.07) is 3.72. The molecule has 6 nitrogen and oxygen atoms in total. The van der Waals surface area contributed by atoms with Crippen LogP contribution in [0.2, 0.25) is 0 Å². The minimum absolute atomic E-state index is 0.000968. The van der Waals surface area contributed by atoms with Crippen LogP contribution in [0, 0.1) is 5.92 Å². The highest BCUT2D eigenvalue weighted by molar-refractivity contribution is 7.92. The number of likely N-dealkylation sites (tertiary alicyclic amines) is 1. The van der Waals surface area contributed by atoms with Crippen LogP contribution < -0.4 is 0 Å². The SMILES string of the molecule is CC(C)CN1CCS(=O)(=O)[C@@H]2CCN(C(=O)c3cccn3C)CC[C@@H]21. The fourth-order valence-corrected chi connectivity index (χ4v) is 6.25. The highest BCUT2D eigenvalue weighted by Crippen LogP contribution is 2.29. The highest BCUT2D eigenvalue weighted by atomic mass is 32.2. The van der Waals surface area contributed by atoms with Gasteiger partial charge in [-0.2, -0.15) is 0 Å². The number of carbonyl (C=O) groups excluding carboxylic acids is 1. The number of amides is 1. The number of hydrogen-bond acceptors (Lipinski definition) is 4. The van der Waals surface area contributed by atoms with Gasteiger partial charge in [-0.3, -0.25) is 9.69 Å². The second-order valence-electron chi connectivity index (χ2n) is 7.74. The largest absolute Gasteiger partial charge is 0.347 e. The van der Waals surface area contributed by atoms with Gasteiger partial charge in [-0.25, -0.2) is 8.42 Å². The molecule has 1 aromatic rings. The van der Waals surface area contributed by atoms with Crippen LogP contribution in [-0.4, -0.2) is 71.9 Å². The molecular weight excluding hydrogens is 338 g/mol. The van der Waals surface area contributed by atoms with Crippen LogP contribution in [0.25, 0.3) is 0 Å². The minimum atomic E-state index is -3.07. The molecule has 1 aromatic heterocycles. The predicted molar refractivity (Wildman–Crippen MR) is 98.3 cm³/mol. The number of fused-ring (bicyclic) bond motifs is 1. The lowest BCUT2D eigenvalue weighted by Crippen LogP contribution is -2.55. The summed E-state index contributed by atoms with van der Waals surface area (Å²) in [4.78, 5) is 17.0. The summed E-state index contributed by atoms with van der Waals surface area (Å²) >= 11 is 0. The number of carbonyl (C=O) groups is 1. The van der Waals surface area contributed by atoms with Crippen molar-refractivity contribution in [2.45, 2.75) is 38.0 Å². The van der Waals surface area contributed by atoms with Crippen LogP contribution >= 0.6 is 0 Å². The maximum atomic E-state index is 12.8. The molecule has 0 unspecified atom stereocenters. The molecule has 2 atom stereocenters. The fraction of sp³-hybridized carbons (Fsp3) is 0.722. The molecule has 0 aromatic carbocycles. The first-order valence-corrected chi connectivity index (χ1v) is 10.9. The zero-order valence-corrected chi connectivity index (χ0v) is 16.2. The molecule has 140 valence electrons. The van der Waals surface area contributed by atoms with E-state index in [2.05, 4.69) is 18.7 Å². The zero-order valence-electron chi connectivity index (χ0n) is 15.4. The van der Waals surface area contributed by atoms with Gasteiger partial charge in [0, 0.05) is 45.5 Å². The van der Waals surface area contributed by atoms with Gasteiger partial charge < -0.3 is 9.47 Å². The standard InChI is InChI=1S/C18H29N3O3S/c1-14(2)13-21-11-12-25(23,24)17-7-10-20(9-6-15(17)21)18(22)16-5-4-8-19(16)3/h4-5,8,14-15,17H,6-7,9-13H2,1-3H3/t15-,17+/m0/s1. The summed E-state index contributed by atoms with van der Waals surface area (Å²) in [6.45, 7) is 7.01. The molecule has 1 amide bonds. The average Bonchev–Trinajstić information content (AvgIpc) is 2.82. The van der Waals surface area contributed by atoms with Crippen LogP contribution in [0.3, 0.4) is 0 Å². The van der Waals surface area contributed by atoms with Gasteiger partial charge in [-0.05, 0) is 30.9 Å². The predicted octanol–water partition coefficient (Wildman–Crippen LogP) is 1.38. The number of sulfone groups is 1. The van der Waals surface area contributed by atoms with E-state index in [0.717, 1.165) is 13.0 Å². The van der Waals surface area contributed by atoms with E-state index in [1.807, 2.05) is 34.8 Å². The Morgan fingerprint density at radius 3 is 2.60 bits per heavy atom. The van der Waals surface area contributed by atoms with E-state index < -0.39 is 9.84 Å². The molecule has 2 saturated heterocycles. The van der Waals surface area contributed by atoms with E-state index in [1.54, 1.807) is 0 Å². The first kappa shape index (κ1) is 18.5. The van der Waals surface area contributed by atoms with Crippen molar-refractivity contribution in [1.29, 1.82) is 0 Å². The van der Waals surface area contributed by atoms with Gasteiger partial charge in [0.25, 0.3) is 5.91 Å². The molecule has 0 N–H and O–H groups in total. The molecule has 3 heterocycles. The molecule has 0 saturated carbocycles. The van der Waals surface area contributed by atoms with Gasteiger partial charge in [0.1, 0.15) is 5.69 Å². The van der Waals surface area contributed by atoms with Crippen molar-refractivity contribution < 1.29 is 13.2 Å². The topological polar surface area (TPSA) is 62.6 Å². The number of aromatic nitrogens is 1. The van der Waals surface area contributed by atoms with Gasteiger partial charge in [0.15, 0.2) is 9.84 Å². The van der Waals surface area contributed by atoms with E-state index in [1.165, 1.54) is 0 Å². The summed E-state index contributed by atoms with van der Waals surface area (Å²) < 4.78 is 27.1. The van der Waals surface area contributed by atoms with E-state index in [-0.39, 0.29) is 23.0 Å². The van der Waals surface area contributed by atoms with E-state index in [4.69, 9.17) is 0 Å². The van der Waals surface area contributed by atoms with E-state index in [0.29, 0.717) is 37.7 Å². The monoisotopic (exact) mass is 367 g/mol. The number of rotatable bonds is 3. The van der Waals surface area contributed by atoms with Crippen LogP contribution in [-0.2, 0) is 16.9 Å². The Hall–Kier alpha value is -1.34. The Kier molecular flexibility index (Phi) is 5.25. The van der Waals surface area contributed by atoms with Crippen molar-refractivity contribution in [1.82, 2.24) is 14.4 Å². The minimum Gasteiger partial charge on any atom is -0.347 e. The molecule has 0 aliphatic carbocycles. The fourth-order valence-electron chi connectivity index (χ4n) is 4.20. The molecule has 2 aliphatic heterocycles. The van der Waals surface area contributed by atoms with E-state index >= 15 is 0 Å². The normalized spacial score (nSPS) is 27.1. The average molecular weight is 368 g/mol. The molecule has 3 rings (SSSR count). The molecule has 25 heavy (non-hydrogen) atoms. The maximum Gasteiger partial charge on any atom is 0.270 e. The summed E-state index contributed by atoms with van der Waals surface area (Å²) in [5.74, 6) is 0.747. The Labute approximate surface area is 150 Å². The highest BCUT2D eigenvalue weighted by Gasteiger charge is 2.43. The van der Waals surface area contributed by atoms with Gasteiger partial charge >= 0.3 is 0 Å². The first-order chi connectivity index (χ1) is 11.8. The Morgan fingerprint density at radius 2 is 1.96 bits per heavy atom. The second-order valence-corrected chi connectivity index (χ2v) is 10.1. The van der Waals surface area contributed by atoms with Gasteiger partial charge in [-0.1, -0.05) is 13.8 Å². The third-order valence-electron chi connectivity index (χ3n) is 5.45. The van der Waals surface area contributed by atoms with Crippen LogP contribution in [0.5, 0.6) is 0 Å². The molecule has 2 fully saturated rings. The second kappa shape index (κ2) is 7.11. The van der Waals surface area contributed by atoms with Gasteiger partial charge in [-0.15, -0.1) is 0 Å². The summed E-state index contributed by atoms with van der Waals surface area (Å²) in [5, 5.41) is -0.341. The van der Waals surface area contributed by atoms with Crippen molar-refractivity contribution in [3.8, 4) is 0 Å². The Morgan fingerprint density at radius 1 is 1.24 bits per heavy atom. The van der Waals surface area contributed by atoms with Crippen molar-refractivity contribution in [3.63, 3.8) is 0 Å². The van der Waals surface area contributed by atoms with Gasteiger partial charge in [0.2, 0.25) is 0 Å². The van der Waals surface area contributed by atoms with Crippen LogP contribution in [0.4, 0.5) is 0 Å². The number of aryl methyl sites for hydroxylation is 1. The molecular formula is C18H29N3O3S. The third-order valence-corrected chi connectivity index (χ3v) is 7.67. The summed E-state index contributed by atoms with van der Waals surface area (Å²) in [6.07, 6.45) is 3.13. The summed E-state index contributed by atoms with van der Waals surface area (Å²) in [7, 11) is -1.21. The number of nitrogens with zero attached hydrogens (tertiary/aromatic N) is 3. The first-order valence-electron chi connectivity index (χ1n) is 9.16. The molecule has 2 aliphatic rings. The molecule has 7 heteroatoms. The van der Waals surface area contributed by atoms with Crippen molar-refractivity contribution >= 4 is 15.7 Å². The van der Waals surface area contributed by atoms with Crippen molar-refractivity contribution in [2.24, 2.45) is 13.0 Å². The maximum absolute atomic E-state index is 12.8.